The van der Waals surface area contributed by atoms with Gasteiger partial charge >= 0.3 is 11.9 Å². The van der Waals surface area contributed by atoms with Gasteiger partial charge in [-0.15, -0.1) is 0 Å². The number of aromatic nitrogens is 6. The molecule has 4 heterocycles. The maximum Gasteiger partial charge on any atom is 0.306 e. The Kier molecular flexibility index (Phi) is 9.36. The zero-order valence-electron chi connectivity index (χ0n) is 18.4. The summed E-state index contributed by atoms with van der Waals surface area (Å²) in [4.78, 5) is 57.9. The molecule has 0 atom stereocenters. The van der Waals surface area contributed by atoms with E-state index in [-0.39, 0.29) is 23.9 Å². The number of H-pyrrole nitrogens is 1. The number of hydrogen-bond acceptors (Lipinski definition) is 12. The van der Waals surface area contributed by atoms with Gasteiger partial charge in [0, 0.05) is 12.8 Å². The minimum Gasteiger partial charge on any atom is -0.466 e. The minimum atomic E-state index is -0.256. The SMILES string of the molecule is CCOC(=O)CCc1nc2c(=O)[nH]cnc2s1.CCOC(=O)CCc1nc2c(Cl)ncnc2s1. The van der Waals surface area contributed by atoms with Gasteiger partial charge in [-0.05, 0) is 13.8 Å². The molecule has 0 amide bonds. The second kappa shape index (κ2) is 12.4. The number of nitrogens with zero attached hydrogens (tertiary/aromatic N) is 5. The van der Waals surface area contributed by atoms with Crippen LogP contribution in [0.3, 0.4) is 0 Å². The van der Waals surface area contributed by atoms with Crippen molar-refractivity contribution >= 4 is 66.9 Å². The van der Waals surface area contributed by atoms with Gasteiger partial charge in [-0.3, -0.25) is 14.4 Å². The molecular weight excluding hydrogens is 504 g/mol. The smallest absolute Gasteiger partial charge is 0.306 e. The lowest BCUT2D eigenvalue weighted by Crippen LogP contribution is -2.06. The van der Waals surface area contributed by atoms with Crippen LogP contribution in [0.25, 0.3) is 20.7 Å². The first-order valence-corrected chi connectivity index (χ1v) is 12.3. The largest absolute Gasteiger partial charge is 0.466 e. The summed E-state index contributed by atoms with van der Waals surface area (Å²) < 4.78 is 9.66. The van der Waals surface area contributed by atoms with Crippen LogP contribution in [-0.2, 0) is 31.9 Å². The molecule has 4 aromatic rings. The fourth-order valence-corrected chi connectivity index (χ4v) is 4.72. The average molecular weight is 525 g/mol. The summed E-state index contributed by atoms with van der Waals surface area (Å²) in [5, 5.41) is 1.88. The Balaban J connectivity index is 0.000000191. The van der Waals surface area contributed by atoms with Crippen LogP contribution in [0.4, 0.5) is 0 Å². The quantitative estimate of drug-likeness (QED) is 0.269. The van der Waals surface area contributed by atoms with E-state index in [0.29, 0.717) is 53.5 Å². The zero-order chi connectivity index (χ0) is 24.5. The number of halogens is 1. The summed E-state index contributed by atoms with van der Waals surface area (Å²) in [6, 6.07) is 0. The Morgan fingerprint density at radius 3 is 2.00 bits per heavy atom. The number of nitrogens with one attached hydrogen (secondary N) is 1. The van der Waals surface area contributed by atoms with Gasteiger partial charge < -0.3 is 14.5 Å². The molecule has 0 spiro atoms. The van der Waals surface area contributed by atoms with E-state index in [4.69, 9.17) is 21.1 Å². The molecule has 0 unspecified atom stereocenters. The second-order valence-electron chi connectivity index (χ2n) is 6.53. The molecule has 0 aliphatic carbocycles. The Bertz CT molecular complexity index is 1340. The highest BCUT2D eigenvalue weighted by Gasteiger charge is 2.11. The van der Waals surface area contributed by atoms with Crippen molar-refractivity contribution in [2.24, 2.45) is 0 Å². The van der Waals surface area contributed by atoms with E-state index in [1.165, 1.54) is 35.3 Å². The van der Waals surface area contributed by atoms with Crippen LogP contribution in [0.2, 0.25) is 5.15 Å². The standard InChI is InChI=1S/C10H10ClN3O2S.C10H11N3O3S/c1-2-16-7(15)4-3-6-14-8-9(11)12-5-13-10(8)17-6;1-2-16-7(14)4-3-6-13-8-9(15)11-5-12-10(8)17-6/h5H,2-4H2,1H3;5H,2-4H2,1H3,(H,11,12,15). The summed E-state index contributed by atoms with van der Waals surface area (Å²) in [6.45, 7) is 4.32. The van der Waals surface area contributed by atoms with Crippen molar-refractivity contribution in [1.82, 2.24) is 29.9 Å². The minimum absolute atomic E-state index is 0.219. The van der Waals surface area contributed by atoms with Gasteiger partial charge in [-0.1, -0.05) is 34.3 Å². The van der Waals surface area contributed by atoms with E-state index < -0.39 is 0 Å². The molecule has 0 radical (unpaired) electrons. The van der Waals surface area contributed by atoms with Crippen molar-refractivity contribution < 1.29 is 19.1 Å². The second-order valence-corrected chi connectivity index (χ2v) is 9.01. The first-order valence-electron chi connectivity index (χ1n) is 10.3. The molecule has 0 aliphatic heterocycles. The molecule has 34 heavy (non-hydrogen) atoms. The molecule has 1 N–H and O–H groups in total. The number of rotatable bonds is 8. The number of hydrogen-bond donors (Lipinski definition) is 1. The predicted molar refractivity (Wildman–Crippen MR) is 128 cm³/mol. The van der Waals surface area contributed by atoms with Crippen molar-refractivity contribution in [2.75, 3.05) is 13.2 Å². The van der Waals surface area contributed by atoms with Gasteiger partial charge in [0.25, 0.3) is 5.56 Å². The lowest BCUT2D eigenvalue weighted by Gasteiger charge is -1.98. The third-order valence-corrected chi connectivity index (χ3v) is 6.46. The number of thiazole rings is 2. The normalized spacial score (nSPS) is 10.7. The first kappa shape index (κ1) is 25.6. The molecule has 0 aliphatic rings. The highest BCUT2D eigenvalue weighted by atomic mass is 35.5. The molecule has 0 aromatic carbocycles. The van der Waals surface area contributed by atoms with Gasteiger partial charge in [0.2, 0.25) is 0 Å². The number of ether oxygens (including phenoxy) is 2. The lowest BCUT2D eigenvalue weighted by atomic mass is 10.3. The maximum absolute atomic E-state index is 11.4. The van der Waals surface area contributed by atoms with Crippen molar-refractivity contribution in [3.63, 3.8) is 0 Å². The molecule has 180 valence electrons. The molecule has 11 nitrogen and oxygen atoms in total. The molecule has 0 fully saturated rings. The third-order valence-electron chi connectivity index (χ3n) is 4.14. The molecule has 0 saturated carbocycles. The van der Waals surface area contributed by atoms with Crippen LogP contribution in [0.15, 0.2) is 17.4 Å². The zero-order valence-corrected chi connectivity index (χ0v) is 20.8. The lowest BCUT2D eigenvalue weighted by molar-refractivity contribution is -0.144. The fraction of sp³-hybridized carbons (Fsp3) is 0.400. The van der Waals surface area contributed by atoms with E-state index in [9.17, 15) is 14.4 Å². The molecule has 4 aromatic heterocycles. The Morgan fingerprint density at radius 2 is 1.47 bits per heavy atom. The van der Waals surface area contributed by atoms with Crippen molar-refractivity contribution in [1.29, 1.82) is 0 Å². The van der Waals surface area contributed by atoms with Crippen molar-refractivity contribution in [3.05, 3.63) is 38.2 Å². The summed E-state index contributed by atoms with van der Waals surface area (Å²) in [5.74, 6) is -0.474. The van der Waals surface area contributed by atoms with Crippen LogP contribution in [0, 0.1) is 0 Å². The molecular formula is C20H21ClN6O5S2. The Morgan fingerprint density at radius 1 is 0.912 bits per heavy atom. The molecule has 4 rings (SSSR count). The van der Waals surface area contributed by atoms with E-state index in [1.54, 1.807) is 13.8 Å². The topological polar surface area (TPSA) is 150 Å². The van der Waals surface area contributed by atoms with Gasteiger partial charge in [0.15, 0.2) is 15.5 Å². The Hall–Kier alpha value is -3.03. The summed E-state index contributed by atoms with van der Waals surface area (Å²) in [6.07, 6.45) is 4.34. The monoisotopic (exact) mass is 524 g/mol. The summed E-state index contributed by atoms with van der Waals surface area (Å²) in [7, 11) is 0. The van der Waals surface area contributed by atoms with E-state index >= 15 is 0 Å². The summed E-state index contributed by atoms with van der Waals surface area (Å²) in [5.41, 5.74) is 0.669. The van der Waals surface area contributed by atoms with Crippen LogP contribution in [0.1, 0.15) is 36.7 Å². The Labute approximate surface area is 206 Å². The summed E-state index contributed by atoms with van der Waals surface area (Å²) >= 11 is 8.62. The molecule has 0 saturated heterocycles. The highest BCUT2D eigenvalue weighted by Crippen LogP contribution is 2.25. The number of aryl methyl sites for hydroxylation is 2. The number of aromatic amines is 1. The maximum atomic E-state index is 11.4. The van der Waals surface area contributed by atoms with Crippen molar-refractivity contribution in [2.45, 2.75) is 39.5 Å². The highest BCUT2D eigenvalue weighted by molar-refractivity contribution is 7.18. The van der Waals surface area contributed by atoms with Crippen LogP contribution in [0.5, 0.6) is 0 Å². The van der Waals surface area contributed by atoms with E-state index in [2.05, 4.69) is 29.9 Å². The van der Waals surface area contributed by atoms with E-state index in [0.717, 1.165) is 14.8 Å². The number of carbonyl (C=O) groups excluding carboxylic acids is 2. The molecule has 14 heteroatoms. The fourth-order valence-electron chi connectivity index (χ4n) is 2.68. The number of esters is 2. The first-order chi connectivity index (χ1) is 16.4. The van der Waals surface area contributed by atoms with E-state index in [1.807, 2.05) is 0 Å². The molecule has 0 bridgehead atoms. The van der Waals surface area contributed by atoms with Gasteiger partial charge in [0.05, 0.1) is 42.4 Å². The number of fused-ring (bicyclic) bond motifs is 2. The van der Waals surface area contributed by atoms with Crippen LogP contribution < -0.4 is 5.56 Å². The predicted octanol–water partition coefficient (Wildman–Crippen LogP) is 3.11. The van der Waals surface area contributed by atoms with Gasteiger partial charge in [-0.25, -0.2) is 24.9 Å². The van der Waals surface area contributed by atoms with Crippen LogP contribution in [-0.4, -0.2) is 55.1 Å². The number of carbonyl (C=O) groups is 2. The van der Waals surface area contributed by atoms with Gasteiger partial charge in [0.1, 0.15) is 16.7 Å². The third kappa shape index (κ3) is 6.98. The van der Waals surface area contributed by atoms with Crippen molar-refractivity contribution in [3.8, 4) is 0 Å². The average Bonchev–Trinajstić information content (AvgIpc) is 3.43. The van der Waals surface area contributed by atoms with Crippen LogP contribution >= 0.6 is 34.3 Å². The van der Waals surface area contributed by atoms with Gasteiger partial charge in [-0.2, -0.15) is 0 Å².